The third-order valence-corrected chi connectivity index (χ3v) is 3.55. The molecule has 0 bridgehead atoms. The first kappa shape index (κ1) is 18.5. The molecule has 0 aliphatic rings. The van der Waals surface area contributed by atoms with E-state index >= 15 is 0 Å². The van der Waals surface area contributed by atoms with Gasteiger partial charge in [0.05, 0.1) is 25.0 Å². The molecule has 0 fully saturated rings. The Morgan fingerprint density at radius 3 is 2.68 bits per heavy atom. The number of carbonyl (C=O) groups is 2. The Bertz CT molecular complexity index is 780. The van der Waals surface area contributed by atoms with Gasteiger partial charge in [-0.15, -0.1) is 0 Å². The van der Waals surface area contributed by atoms with Gasteiger partial charge in [-0.25, -0.2) is 4.79 Å². The van der Waals surface area contributed by atoms with Crippen molar-refractivity contribution in [1.29, 1.82) is 0 Å². The van der Waals surface area contributed by atoms with Crippen LogP contribution in [0.4, 0.5) is 10.5 Å². The lowest BCUT2D eigenvalue weighted by Crippen LogP contribution is -2.34. The van der Waals surface area contributed by atoms with E-state index in [0.717, 1.165) is 0 Å². The quantitative estimate of drug-likeness (QED) is 0.856. The number of rotatable bonds is 5. The second-order valence-corrected chi connectivity index (χ2v) is 5.82. The molecule has 2 rings (SSSR count). The zero-order chi connectivity index (χ0) is 18.4. The van der Waals surface area contributed by atoms with E-state index < -0.39 is 0 Å². The average Bonchev–Trinajstić information content (AvgIpc) is 2.60. The molecular formula is C17H19ClN4O3. The van der Waals surface area contributed by atoms with Crippen LogP contribution >= 0.6 is 11.6 Å². The molecule has 7 nitrogen and oxygen atoms in total. The Hall–Kier alpha value is -2.80. The standard InChI is InChI=1S/C17H19ClN4O3/c1-22(2)17(24)20-10-13-8-11(6-7-19-13)16(23)21-14-9-12(18)4-5-15(14)25-3/h4-9H,10H2,1-3H3,(H,20,24)(H,21,23). The molecule has 0 saturated carbocycles. The molecule has 0 atom stereocenters. The topological polar surface area (TPSA) is 83.6 Å². The van der Waals surface area contributed by atoms with Crippen molar-refractivity contribution < 1.29 is 14.3 Å². The number of ether oxygens (including phenoxy) is 1. The lowest BCUT2D eigenvalue weighted by atomic mass is 10.2. The fourth-order valence-corrected chi connectivity index (χ4v) is 2.18. The number of nitrogens with zero attached hydrogens (tertiary/aromatic N) is 2. The highest BCUT2D eigenvalue weighted by Gasteiger charge is 2.12. The number of aromatic nitrogens is 1. The van der Waals surface area contributed by atoms with Crippen LogP contribution in [0.2, 0.25) is 5.02 Å². The number of halogens is 1. The maximum absolute atomic E-state index is 12.5. The fourth-order valence-electron chi connectivity index (χ4n) is 2.01. The van der Waals surface area contributed by atoms with E-state index in [1.54, 1.807) is 44.4 Å². The summed E-state index contributed by atoms with van der Waals surface area (Å²) in [5, 5.41) is 5.94. The molecule has 2 aromatic rings. The van der Waals surface area contributed by atoms with Crippen LogP contribution in [0.3, 0.4) is 0 Å². The summed E-state index contributed by atoms with van der Waals surface area (Å²) >= 11 is 5.96. The summed E-state index contributed by atoms with van der Waals surface area (Å²) in [6, 6.07) is 7.92. The number of amides is 3. The van der Waals surface area contributed by atoms with Gasteiger partial charge >= 0.3 is 6.03 Å². The SMILES string of the molecule is COc1ccc(Cl)cc1NC(=O)c1ccnc(CNC(=O)N(C)C)c1. The summed E-state index contributed by atoms with van der Waals surface area (Å²) < 4.78 is 5.21. The summed E-state index contributed by atoms with van der Waals surface area (Å²) in [7, 11) is 4.80. The summed E-state index contributed by atoms with van der Waals surface area (Å²) in [5.74, 6) is 0.174. The number of nitrogens with one attached hydrogen (secondary N) is 2. The van der Waals surface area contributed by atoms with E-state index in [9.17, 15) is 9.59 Å². The zero-order valence-electron chi connectivity index (χ0n) is 14.2. The molecule has 8 heteroatoms. The maximum atomic E-state index is 12.5. The predicted octanol–water partition coefficient (Wildman–Crippen LogP) is 2.77. The van der Waals surface area contributed by atoms with Gasteiger partial charge in [-0.2, -0.15) is 0 Å². The highest BCUT2D eigenvalue weighted by Crippen LogP contribution is 2.28. The van der Waals surface area contributed by atoms with Gasteiger partial charge in [0.1, 0.15) is 5.75 Å². The lowest BCUT2D eigenvalue weighted by Gasteiger charge is -2.12. The molecule has 25 heavy (non-hydrogen) atoms. The Morgan fingerprint density at radius 1 is 1.24 bits per heavy atom. The predicted molar refractivity (Wildman–Crippen MR) is 96.1 cm³/mol. The number of pyridine rings is 1. The van der Waals surface area contributed by atoms with Gasteiger partial charge in [-0.1, -0.05) is 11.6 Å². The van der Waals surface area contributed by atoms with Crippen LogP contribution in [0.25, 0.3) is 0 Å². The molecule has 2 N–H and O–H groups in total. The molecule has 1 aromatic heterocycles. The molecule has 0 unspecified atom stereocenters. The number of carbonyl (C=O) groups excluding carboxylic acids is 2. The van der Waals surface area contributed by atoms with E-state index in [4.69, 9.17) is 16.3 Å². The summed E-state index contributed by atoms with van der Waals surface area (Å²) in [6.07, 6.45) is 1.52. The lowest BCUT2D eigenvalue weighted by molar-refractivity contribution is 0.102. The third kappa shape index (κ3) is 5.09. The monoisotopic (exact) mass is 362 g/mol. The second kappa shape index (κ2) is 8.34. The molecule has 3 amide bonds. The van der Waals surface area contributed by atoms with Crippen LogP contribution in [-0.2, 0) is 6.54 Å². The van der Waals surface area contributed by atoms with Crippen molar-refractivity contribution in [3.63, 3.8) is 0 Å². The highest BCUT2D eigenvalue weighted by molar-refractivity contribution is 6.31. The van der Waals surface area contributed by atoms with Crippen molar-refractivity contribution >= 4 is 29.2 Å². The molecule has 1 aromatic carbocycles. The smallest absolute Gasteiger partial charge is 0.317 e. The van der Waals surface area contributed by atoms with Crippen LogP contribution in [-0.4, -0.2) is 43.0 Å². The van der Waals surface area contributed by atoms with Gasteiger partial charge in [0.15, 0.2) is 0 Å². The fraction of sp³-hybridized carbons (Fsp3) is 0.235. The van der Waals surface area contributed by atoms with Gasteiger partial charge in [-0.3, -0.25) is 9.78 Å². The molecule has 0 spiro atoms. The Balaban J connectivity index is 2.11. The van der Waals surface area contributed by atoms with Crippen LogP contribution in [0.15, 0.2) is 36.5 Å². The molecule has 0 saturated heterocycles. The first-order valence-corrected chi connectivity index (χ1v) is 7.83. The van der Waals surface area contributed by atoms with Gasteiger partial charge in [0, 0.05) is 30.9 Å². The van der Waals surface area contributed by atoms with Gasteiger partial charge in [-0.05, 0) is 30.3 Å². The summed E-state index contributed by atoms with van der Waals surface area (Å²) in [4.78, 5) is 29.6. The number of benzene rings is 1. The van der Waals surface area contributed by atoms with E-state index in [1.165, 1.54) is 18.2 Å². The molecule has 0 aliphatic carbocycles. The van der Waals surface area contributed by atoms with E-state index in [0.29, 0.717) is 27.7 Å². The third-order valence-electron chi connectivity index (χ3n) is 3.32. The van der Waals surface area contributed by atoms with Crippen molar-refractivity contribution in [2.24, 2.45) is 0 Å². The minimum Gasteiger partial charge on any atom is -0.495 e. The minimum absolute atomic E-state index is 0.221. The molecular weight excluding hydrogens is 344 g/mol. The van der Waals surface area contributed by atoms with E-state index in [-0.39, 0.29) is 18.5 Å². The highest BCUT2D eigenvalue weighted by atomic mass is 35.5. The first-order valence-electron chi connectivity index (χ1n) is 7.45. The molecule has 132 valence electrons. The Morgan fingerprint density at radius 2 is 2.00 bits per heavy atom. The zero-order valence-corrected chi connectivity index (χ0v) is 14.9. The largest absolute Gasteiger partial charge is 0.495 e. The average molecular weight is 363 g/mol. The normalized spacial score (nSPS) is 10.1. The van der Waals surface area contributed by atoms with Crippen LogP contribution in [0.1, 0.15) is 16.1 Å². The van der Waals surface area contributed by atoms with Crippen molar-refractivity contribution in [2.75, 3.05) is 26.5 Å². The summed E-state index contributed by atoms with van der Waals surface area (Å²) in [5.41, 5.74) is 1.45. The minimum atomic E-state index is -0.330. The second-order valence-electron chi connectivity index (χ2n) is 5.39. The number of hydrogen-bond donors (Lipinski definition) is 2. The van der Waals surface area contributed by atoms with Gasteiger partial charge in [0.2, 0.25) is 0 Å². The van der Waals surface area contributed by atoms with Gasteiger partial charge < -0.3 is 20.3 Å². The Kier molecular flexibility index (Phi) is 6.19. The molecule has 1 heterocycles. The van der Waals surface area contributed by atoms with Crippen LogP contribution in [0, 0.1) is 0 Å². The number of anilines is 1. The van der Waals surface area contributed by atoms with Gasteiger partial charge in [0.25, 0.3) is 5.91 Å². The van der Waals surface area contributed by atoms with Crippen LogP contribution < -0.4 is 15.4 Å². The first-order chi connectivity index (χ1) is 11.9. The number of hydrogen-bond acceptors (Lipinski definition) is 4. The van der Waals surface area contributed by atoms with Crippen molar-refractivity contribution in [3.8, 4) is 5.75 Å². The number of urea groups is 1. The summed E-state index contributed by atoms with van der Waals surface area (Å²) in [6.45, 7) is 0.221. The van der Waals surface area contributed by atoms with Crippen molar-refractivity contribution in [2.45, 2.75) is 6.54 Å². The van der Waals surface area contributed by atoms with Crippen molar-refractivity contribution in [1.82, 2.24) is 15.2 Å². The maximum Gasteiger partial charge on any atom is 0.317 e. The van der Waals surface area contributed by atoms with Crippen molar-refractivity contribution in [3.05, 3.63) is 52.8 Å². The molecule has 0 aliphatic heterocycles. The van der Waals surface area contributed by atoms with E-state index in [2.05, 4.69) is 15.6 Å². The molecule has 0 radical (unpaired) electrons. The van der Waals surface area contributed by atoms with Crippen LogP contribution in [0.5, 0.6) is 5.75 Å². The van der Waals surface area contributed by atoms with E-state index in [1.807, 2.05) is 0 Å². The number of methoxy groups -OCH3 is 1. The Labute approximate surface area is 150 Å².